The fraction of sp³-hybridized carbons (Fsp3) is 0.500. The van der Waals surface area contributed by atoms with Gasteiger partial charge in [0.25, 0.3) is 5.56 Å². The number of halogens is 3. The van der Waals surface area contributed by atoms with Crippen molar-refractivity contribution in [2.24, 2.45) is 5.92 Å². The average molecular weight is 626 g/mol. The van der Waals surface area contributed by atoms with E-state index in [4.69, 9.17) is 0 Å². The van der Waals surface area contributed by atoms with E-state index in [0.717, 1.165) is 23.2 Å². The van der Waals surface area contributed by atoms with Gasteiger partial charge in [-0.1, -0.05) is 13.8 Å². The molecule has 0 saturated carbocycles. The zero-order chi connectivity index (χ0) is 33.0. The summed E-state index contributed by atoms with van der Waals surface area (Å²) in [5.41, 5.74) is 5.18. The van der Waals surface area contributed by atoms with Crippen LogP contribution in [0.2, 0.25) is 0 Å². The van der Waals surface area contributed by atoms with Gasteiger partial charge in [-0.25, -0.2) is 13.2 Å². The van der Waals surface area contributed by atoms with Crippen molar-refractivity contribution in [3.63, 3.8) is 0 Å². The fourth-order valence-corrected chi connectivity index (χ4v) is 6.65. The van der Waals surface area contributed by atoms with Crippen molar-refractivity contribution in [3.05, 3.63) is 91.9 Å². The standard InChI is InChI=1S/C36H46F3N3O3/c1-21(2)11-30(42-19-26(22(3)15-33(42)43)7-9-41-10-8-28(37)20-41)18-40-32(17-34(44)45)31-16-27(12-25(6)36(31)39)35-23(4)13-29(38)14-24(35)5/h12-16,19,21,28,30,32,40H,7-11,17-18,20H2,1-6H3,(H,44,45)/t28-,30?,32?/m1/s1. The number of carbonyl (C=O) groups is 1. The summed E-state index contributed by atoms with van der Waals surface area (Å²) in [5.74, 6) is -1.71. The van der Waals surface area contributed by atoms with Gasteiger partial charge in [0.05, 0.1) is 6.42 Å². The molecule has 0 aliphatic carbocycles. The van der Waals surface area contributed by atoms with E-state index in [1.807, 2.05) is 13.1 Å². The number of likely N-dealkylation sites (tertiary alicyclic amines) is 1. The van der Waals surface area contributed by atoms with Crippen LogP contribution in [0, 0.1) is 45.2 Å². The molecular weight excluding hydrogens is 579 g/mol. The quantitative estimate of drug-likeness (QED) is 0.214. The van der Waals surface area contributed by atoms with Crippen LogP contribution in [0.5, 0.6) is 0 Å². The van der Waals surface area contributed by atoms with Crippen LogP contribution in [0.25, 0.3) is 11.1 Å². The first-order valence-corrected chi connectivity index (χ1v) is 15.8. The van der Waals surface area contributed by atoms with Crippen LogP contribution < -0.4 is 10.9 Å². The molecule has 244 valence electrons. The van der Waals surface area contributed by atoms with Crippen molar-refractivity contribution in [3.8, 4) is 11.1 Å². The van der Waals surface area contributed by atoms with E-state index in [0.29, 0.717) is 54.6 Å². The molecule has 3 atom stereocenters. The Labute approximate surface area is 264 Å². The van der Waals surface area contributed by atoms with Gasteiger partial charge >= 0.3 is 5.97 Å². The maximum atomic E-state index is 15.7. The summed E-state index contributed by atoms with van der Waals surface area (Å²) in [7, 11) is 0. The SMILES string of the molecule is Cc1cc(=O)n(C(CNC(CC(=O)O)c2cc(-c3c(C)cc(F)cc3C)cc(C)c2F)CC(C)C)cc1CCN1CC[C@@H](F)C1. The molecule has 4 rings (SSSR count). The average Bonchev–Trinajstić information content (AvgIpc) is 3.35. The third-order valence-electron chi connectivity index (χ3n) is 8.87. The predicted molar refractivity (Wildman–Crippen MR) is 173 cm³/mol. The summed E-state index contributed by atoms with van der Waals surface area (Å²) < 4.78 is 45.2. The summed E-state index contributed by atoms with van der Waals surface area (Å²) in [5, 5.41) is 13.1. The number of aryl methyl sites for hydroxylation is 4. The topological polar surface area (TPSA) is 74.6 Å². The van der Waals surface area contributed by atoms with Crippen molar-refractivity contribution in [1.29, 1.82) is 0 Å². The summed E-state index contributed by atoms with van der Waals surface area (Å²) in [6.45, 7) is 13.4. The van der Waals surface area contributed by atoms with Crippen molar-refractivity contribution < 1.29 is 23.1 Å². The Morgan fingerprint density at radius 3 is 2.31 bits per heavy atom. The van der Waals surface area contributed by atoms with Gasteiger partial charge in [-0.3, -0.25) is 9.59 Å². The smallest absolute Gasteiger partial charge is 0.305 e. The number of nitrogens with zero attached hydrogens (tertiary/aromatic N) is 2. The van der Waals surface area contributed by atoms with Gasteiger partial charge < -0.3 is 19.9 Å². The second-order valence-corrected chi connectivity index (χ2v) is 13.1. The monoisotopic (exact) mass is 625 g/mol. The molecule has 0 spiro atoms. The second kappa shape index (κ2) is 14.8. The number of rotatable bonds is 13. The molecule has 2 aromatic carbocycles. The predicted octanol–water partition coefficient (Wildman–Crippen LogP) is 7.01. The lowest BCUT2D eigenvalue weighted by molar-refractivity contribution is -0.137. The van der Waals surface area contributed by atoms with Crippen molar-refractivity contribution in [2.75, 3.05) is 26.2 Å². The number of carboxylic acids is 1. The number of pyridine rings is 1. The molecule has 1 saturated heterocycles. The number of benzene rings is 2. The van der Waals surface area contributed by atoms with Crippen LogP contribution in [0.4, 0.5) is 13.2 Å². The van der Waals surface area contributed by atoms with E-state index in [9.17, 15) is 23.5 Å². The molecule has 0 radical (unpaired) electrons. The third-order valence-corrected chi connectivity index (χ3v) is 8.87. The molecule has 9 heteroatoms. The first kappa shape index (κ1) is 34.4. The van der Waals surface area contributed by atoms with Crippen LogP contribution in [-0.2, 0) is 11.2 Å². The van der Waals surface area contributed by atoms with Gasteiger partial charge in [-0.05, 0) is 116 Å². The molecular formula is C36H46F3N3O3. The van der Waals surface area contributed by atoms with Gasteiger partial charge in [-0.15, -0.1) is 0 Å². The van der Waals surface area contributed by atoms with E-state index in [1.165, 1.54) is 12.1 Å². The molecule has 6 nitrogen and oxygen atoms in total. The molecule has 0 bridgehead atoms. The highest BCUT2D eigenvalue weighted by atomic mass is 19.1. The number of carboxylic acid groups (broad SMARTS) is 1. The van der Waals surface area contributed by atoms with Gasteiger partial charge in [0, 0.05) is 56.1 Å². The lowest BCUT2D eigenvalue weighted by Gasteiger charge is -2.27. The highest BCUT2D eigenvalue weighted by Crippen LogP contribution is 2.34. The number of hydrogen-bond donors (Lipinski definition) is 2. The molecule has 2 unspecified atom stereocenters. The number of hydrogen-bond acceptors (Lipinski definition) is 4. The second-order valence-electron chi connectivity index (χ2n) is 13.1. The minimum absolute atomic E-state index is 0.158. The number of alkyl halides is 1. The summed E-state index contributed by atoms with van der Waals surface area (Å²) >= 11 is 0. The van der Waals surface area contributed by atoms with Crippen molar-refractivity contribution in [1.82, 2.24) is 14.8 Å². The summed E-state index contributed by atoms with van der Waals surface area (Å²) in [6, 6.07) is 6.66. The molecule has 2 N–H and O–H groups in total. The van der Waals surface area contributed by atoms with E-state index < -0.39 is 24.0 Å². The van der Waals surface area contributed by atoms with Crippen LogP contribution in [0.15, 0.2) is 41.3 Å². The Morgan fingerprint density at radius 1 is 1.02 bits per heavy atom. The maximum Gasteiger partial charge on any atom is 0.305 e. The zero-order valence-electron chi connectivity index (χ0n) is 27.2. The number of nitrogens with one attached hydrogen (secondary N) is 1. The first-order valence-electron chi connectivity index (χ1n) is 15.8. The van der Waals surface area contributed by atoms with Crippen molar-refractivity contribution in [2.45, 2.75) is 85.5 Å². The lowest BCUT2D eigenvalue weighted by atomic mass is 9.90. The molecule has 1 aromatic heterocycles. The Balaban J connectivity index is 1.66. The van der Waals surface area contributed by atoms with Crippen LogP contribution >= 0.6 is 0 Å². The Morgan fingerprint density at radius 2 is 1.71 bits per heavy atom. The summed E-state index contributed by atoms with van der Waals surface area (Å²) in [4.78, 5) is 27.4. The third kappa shape index (κ3) is 8.64. The molecule has 3 aromatic rings. The van der Waals surface area contributed by atoms with Crippen LogP contribution in [-0.4, -0.2) is 52.9 Å². The minimum Gasteiger partial charge on any atom is -0.481 e. The normalized spacial score (nSPS) is 16.8. The zero-order valence-corrected chi connectivity index (χ0v) is 27.2. The van der Waals surface area contributed by atoms with Gasteiger partial charge in [0.2, 0.25) is 0 Å². The largest absolute Gasteiger partial charge is 0.481 e. The minimum atomic E-state index is -1.09. The molecule has 1 aliphatic heterocycles. The Hall–Kier alpha value is -3.43. The van der Waals surface area contributed by atoms with Gasteiger partial charge in [0.15, 0.2) is 0 Å². The molecule has 1 aliphatic rings. The maximum absolute atomic E-state index is 15.7. The molecule has 2 heterocycles. The van der Waals surface area contributed by atoms with Gasteiger partial charge in [0.1, 0.15) is 17.8 Å². The lowest BCUT2D eigenvalue weighted by Crippen LogP contribution is -2.36. The Bertz CT molecular complexity index is 1560. The van der Waals surface area contributed by atoms with Crippen molar-refractivity contribution >= 4 is 5.97 Å². The first-order chi connectivity index (χ1) is 21.2. The van der Waals surface area contributed by atoms with Crippen LogP contribution in [0.3, 0.4) is 0 Å². The Kier molecular flexibility index (Phi) is 11.3. The highest BCUT2D eigenvalue weighted by Gasteiger charge is 2.25. The van der Waals surface area contributed by atoms with E-state index in [1.54, 1.807) is 43.5 Å². The molecule has 0 amide bonds. The highest BCUT2D eigenvalue weighted by molar-refractivity contribution is 5.73. The fourth-order valence-electron chi connectivity index (χ4n) is 6.65. The molecule has 1 fully saturated rings. The molecule has 45 heavy (non-hydrogen) atoms. The number of aromatic nitrogens is 1. The van der Waals surface area contributed by atoms with E-state index in [-0.39, 0.29) is 41.9 Å². The van der Waals surface area contributed by atoms with E-state index in [2.05, 4.69) is 24.1 Å². The summed E-state index contributed by atoms with van der Waals surface area (Å²) in [6.07, 6.45) is 2.59. The number of aliphatic carboxylic acids is 1. The van der Waals surface area contributed by atoms with E-state index >= 15 is 4.39 Å². The van der Waals surface area contributed by atoms with Gasteiger partial charge in [-0.2, -0.15) is 0 Å². The van der Waals surface area contributed by atoms with Crippen LogP contribution in [0.1, 0.15) is 78.6 Å².